The van der Waals surface area contributed by atoms with Gasteiger partial charge in [0, 0.05) is 84.5 Å². The lowest BCUT2D eigenvalue weighted by Gasteiger charge is -2.36. The van der Waals surface area contributed by atoms with Crippen molar-refractivity contribution in [3.05, 3.63) is 77.1 Å². The standard InChI is InChI=1S/C36H41FN6O2/c1-4-29-9-10-30(23(2)40-29)31-17-27(36(44)42-14-12-41(13-15-42)35-33(45-3)19-28(37)21-39-35)16-26-18-32(25-6-5-11-38-20-25)43(34(26)31)22-24-7-8-24/h6,9-10,16-19,21,24,38H,4-5,7-8,11-15,20,22H2,1-3H3. The summed E-state index contributed by atoms with van der Waals surface area (Å²) in [7, 11) is 1.52. The third-order valence-corrected chi connectivity index (χ3v) is 9.42. The smallest absolute Gasteiger partial charge is 0.254 e. The third-order valence-electron chi connectivity index (χ3n) is 9.42. The molecule has 0 bridgehead atoms. The molecule has 1 amide bonds. The first-order chi connectivity index (χ1) is 21.9. The van der Waals surface area contributed by atoms with Crippen molar-refractivity contribution >= 4 is 28.2 Å². The van der Waals surface area contributed by atoms with Crippen LogP contribution >= 0.6 is 0 Å². The Labute approximate surface area is 263 Å². The highest BCUT2D eigenvalue weighted by Crippen LogP contribution is 2.40. The van der Waals surface area contributed by atoms with E-state index in [4.69, 9.17) is 9.72 Å². The van der Waals surface area contributed by atoms with Gasteiger partial charge in [0.25, 0.3) is 5.91 Å². The maximum absolute atomic E-state index is 14.2. The van der Waals surface area contributed by atoms with Crippen LogP contribution in [-0.4, -0.2) is 71.7 Å². The number of carbonyl (C=O) groups is 1. The number of pyridine rings is 2. The highest BCUT2D eigenvalue weighted by molar-refractivity contribution is 6.05. The van der Waals surface area contributed by atoms with Gasteiger partial charge in [-0.05, 0) is 74.9 Å². The Bertz CT molecular complexity index is 1780. The van der Waals surface area contributed by atoms with Crippen LogP contribution in [0.3, 0.4) is 0 Å². The van der Waals surface area contributed by atoms with E-state index >= 15 is 0 Å². The zero-order valence-electron chi connectivity index (χ0n) is 26.4. The average Bonchev–Trinajstić information content (AvgIpc) is 3.83. The summed E-state index contributed by atoms with van der Waals surface area (Å²) in [6, 6.07) is 12.1. The SMILES string of the molecule is CCc1ccc(-c2cc(C(=O)N3CCN(c4ncc(F)cc4OC)CC3)cc3cc(C4=CCCNC4)n(CC4CC4)c23)c(C)n1. The van der Waals surface area contributed by atoms with Crippen LogP contribution in [0.25, 0.3) is 27.6 Å². The summed E-state index contributed by atoms with van der Waals surface area (Å²) in [4.78, 5) is 27.4. The largest absolute Gasteiger partial charge is 0.493 e. The van der Waals surface area contributed by atoms with Crippen LogP contribution in [0, 0.1) is 18.7 Å². The Kier molecular flexibility index (Phi) is 8.04. The van der Waals surface area contributed by atoms with Crippen molar-refractivity contribution in [2.75, 3.05) is 51.3 Å². The normalized spacial score (nSPS) is 17.1. The first-order valence-electron chi connectivity index (χ1n) is 16.2. The molecule has 1 saturated heterocycles. The van der Waals surface area contributed by atoms with Crippen LogP contribution in [0.2, 0.25) is 0 Å². The molecule has 0 atom stereocenters. The summed E-state index contributed by atoms with van der Waals surface area (Å²) < 4.78 is 21.7. The summed E-state index contributed by atoms with van der Waals surface area (Å²) in [5.74, 6) is 1.28. The van der Waals surface area contributed by atoms with Gasteiger partial charge in [-0.25, -0.2) is 9.37 Å². The number of piperazine rings is 1. The van der Waals surface area contributed by atoms with Gasteiger partial charge in [0.15, 0.2) is 11.6 Å². The number of methoxy groups -OCH3 is 1. The number of nitrogens with zero attached hydrogens (tertiary/aromatic N) is 5. The summed E-state index contributed by atoms with van der Waals surface area (Å²) in [5.41, 5.74) is 8.64. The minimum absolute atomic E-state index is 0.0164. The van der Waals surface area contributed by atoms with Crippen molar-refractivity contribution in [3.8, 4) is 16.9 Å². The quantitative estimate of drug-likeness (QED) is 0.270. The summed E-state index contributed by atoms with van der Waals surface area (Å²) >= 11 is 0. The first-order valence-corrected chi connectivity index (χ1v) is 16.2. The van der Waals surface area contributed by atoms with E-state index < -0.39 is 5.82 Å². The molecule has 1 N–H and O–H groups in total. The number of fused-ring (bicyclic) bond motifs is 1. The molecule has 45 heavy (non-hydrogen) atoms. The van der Waals surface area contributed by atoms with Crippen LogP contribution in [0.15, 0.2) is 48.7 Å². The number of hydrogen-bond acceptors (Lipinski definition) is 6. The van der Waals surface area contributed by atoms with Gasteiger partial charge in [-0.15, -0.1) is 0 Å². The Hall–Kier alpha value is -4.24. The Morgan fingerprint density at radius 3 is 2.60 bits per heavy atom. The van der Waals surface area contributed by atoms with Gasteiger partial charge in [-0.1, -0.05) is 19.1 Å². The highest BCUT2D eigenvalue weighted by atomic mass is 19.1. The predicted molar refractivity (Wildman–Crippen MR) is 176 cm³/mol. The summed E-state index contributed by atoms with van der Waals surface area (Å²) in [6.45, 7) is 9.28. The van der Waals surface area contributed by atoms with Crippen molar-refractivity contribution in [1.82, 2.24) is 24.8 Å². The van der Waals surface area contributed by atoms with Crippen LogP contribution in [0.5, 0.6) is 5.75 Å². The molecule has 1 aromatic carbocycles. The molecule has 0 spiro atoms. The number of hydrogen-bond donors (Lipinski definition) is 1. The number of anilines is 1. The van der Waals surface area contributed by atoms with Crippen molar-refractivity contribution < 1.29 is 13.9 Å². The number of amides is 1. The predicted octanol–water partition coefficient (Wildman–Crippen LogP) is 5.87. The molecule has 2 fully saturated rings. The van der Waals surface area contributed by atoms with E-state index in [1.54, 1.807) is 0 Å². The molecule has 5 heterocycles. The van der Waals surface area contributed by atoms with Crippen LogP contribution < -0.4 is 15.0 Å². The molecule has 7 rings (SSSR count). The number of carbonyl (C=O) groups excluding carboxylic acids is 1. The monoisotopic (exact) mass is 608 g/mol. The molecule has 1 saturated carbocycles. The molecular weight excluding hydrogens is 567 g/mol. The van der Waals surface area contributed by atoms with Gasteiger partial charge in [0.05, 0.1) is 18.8 Å². The number of aromatic nitrogens is 3. The minimum atomic E-state index is -0.435. The summed E-state index contributed by atoms with van der Waals surface area (Å²) in [5, 5.41) is 4.65. The lowest BCUT2D eigenvalue weighted by atomic mass is 9.97. The Balaban J connectivity index is 1.28. The van der Waals surface area contributed by atoms with Crippen molar-refractivity contribution in [2.24, 2.45) is 5.92 Å². The second-order valence-corrected chi connectivity index (χ2v) is 12.5. The topological polar surface area (TPSA) is 75.5 Å². The number of ether oxygens (including phenoxy) is 1. The van der Waals surface area contributed by atoms with Crippen molar-refractivity contribution in [1.29, 1.82) is 0 Å². The van der Waals surface area contributed by atoms with E-state index in [1.165, 1.54) is 49.0 Å². The molecule has 2 aliphatic heterocycles. The number of nitrogens with one attached hydrogen (secondary N) is 1. The molecule has 3 aliphatic rings. The third kappa shape index (κ3) is 5.81. The highest BCUT2D eigenvalue weighted by Gasteiger charge is 2.29. The van der Waals surface area contributed by atoms with Gasteiger partial charge in [0.2, 0.25) is 0 Å². The maximum Gasteiger partial charge on any atom is 0.254 e. The van der Waals surface area contributed by atoms with E-state index in [9.17, 15) is 9.18 Å². The molecule has 234 valence electrons. The van der Waals surface area contributed by atoms with Gasteiger partial charge >= 0.3 is 0 Å². The molecule has 8 nitrogen and oxygen atoms in total. The lowest BCUT2D eigenvalue weighted by molar-refractivity contribution is 0.0746. The molecule has 1 aliphatic carbocycles. The molecular formula is C36H41FN6O2. The number of aryl methyl sites for hydroxylation is 2. The van der Waals surface area contributed by atoms with E-state index in [-0.39, 0.29) is 5.91 Å². The zero-order chi connectivity index (χ0) is 31.1. The maximum atomic E-state index is 14.2. The van der Waals surface area contributed by atoms with Crippen molar-refractivity contribution in [3.63, 3.8) is 0 Å². The molecule has 9 heteroatoms. The fraction of sp³-hybridized carbons (Fsp3) is 0.417. The second kappa shape index (κ2) is 12.3. The number of halogens is 1. The number of rotatable bonds is 8. The molecule has 0 radical (unpaired) electrons. The van der Waals surface area contributed by atoms with Crippen LogP contribution in [0.4, 0.5) is 10.2 Å². The van der Waals surface area contributed by atoms with Crippen LogP contribution in [-0.2, 0) is 13.0 Å². The fourth-order valence-corrected chi connectivity index (χ4v) is 6.80. The van der Waals surface area contributed by atoms with Crippen LogP contribution in [0.1, 0.15) is 53.6 Å². The van der Waals surface area contributed by atoms with E-state index in [0.717, 1.165) is 60.4 Å². The minimum Gasteiger partial charge on any atom is -0.493 e. The average molecular weight is 609 g/mol. The van der Waals surface area contributed by atoms with Gasteiger partial charge < -0.3 is 24.4 Å². The molecule has 4 aromatic rings. The first kappa shape index (κ1) is 29.5. The molecule has 3 aromatic heterocycles. The van der Waals surface area contributed by atoms with Crippen molar-refractivity contribution in [2.45, 2.75) is 46.1 Å². The van der Waals surface area contributed by atoms with Gasteiger partial charge in [-0.2, -0.15) is 0 Å². The van der Waals surface area contributed by atoms with Gasteiger partial charge in [0.1, 0.15) is 5.82 Å². The Morgan fingerprint density at radius 2 is 1.91 bits per heavy atom. The molecule has 0 unspecified atom stereocenters. The Morgan fingerprint density at radius 1 is 1.09 bits per heavy atom. The summed E-state index contributed by atoms with van der Waals surface area (Å²) in [6.07, 6.45) is 8.00. The van der Waals surface area contributed by atoms with Gasteiger partial charge in [-0.3, -0.25) is 9.78 Å². The number of benzene rings is 1. The van der Waals surface area contributed by atoms with E-state index in [0.29, 0.717) is 49.2 Å². The lowest BCUT2D eigenvalue weighted by Crippen LogP contribution is -2.49. The zero-order valence-corrected chi connectivity index (χ0v) is 26.4. The van der Waals surface area contributed by atoms with E-state index in [1.807, 2.05) is 4.90 Å². The van der Waals surface area contributed by atoms with E-state index in [2.05, 4.69) is 70.0 Å². The second-order valence-electron chi connectivity index (χ2n) is 12.5. The fourth-order valence-electron chi connectivity index (χ4n) is 6.80.